The maximum atomic E-state index is 13.9. The summed E-state index contributed by atoms with van der Waals surface area (Å²) in [5.41, 5.74) is 0.294. The summed E-state index contributed by atoms with van der Waals surface area (Å²) in [6.07, 6.45) is 1.14. The Morgan fingerprint density at radius 1 is 1.13 bits per heavy atom. The Balaban J connectivity index is 1.81. The van der Waals surface area contributed by atoms with Crippen molar-refractivity contribution in [1.29, 1.82) is 0 Å². The van der Waals surface area contributed by atoms with Crippen LogP contribution in [0.2, 0.25) is 0 Å². The second kappa shape index (κ2) is 6.20. The molecule has 0 spiro atoms. The first-order chi connectivity index (χ1) is 11.1. The summed E-state index contributed by atoms with van der Waals surface area (Å²) >= 11 is 0. The summed E-state index contributed by atoms with van der Waals surface area (Å²) < 4.78 is 19.2. The van der Waals surface area contributed by atoms with Crippen molar-refractivity contribution in [3.8, 4) is 11.3 Å². The van der Waals surface area contributed by atoms with E-state index in [-0.39, 0.29) is 28.8 Å². The molecule has 0 radical (unpaired) electrons. The molecule has 1 aliphatic heterocycles. The predicted molar refractivity (Wildman–Crippen MR) is 80.1 cm³/mol. The number of hydrogen-bond acceptors (Lipinski definition) is 4. The molecule has 7 heteroatoms. The molecule has 6 nitrogen and oxygen atoms in total. The van der Waals surface area contributed by atoms with Gasteiger partial charge in [0.05, 0.1) is 5.56 Å². The van der Waals surface area contributed by atoms with Crippen LogP contribution in [0.3, 0.4) is 0 Å². The monoisotopic (exact) mass is 317 g/mol. The molecule has 0 atom stereocenters. The lowest BCUT2D eigenvalue weighted by Crippen LogP contribution is -2.50. The van der Waals surface area contributed by atoms with Crippen LogP contribution in [-0.2, 0) is 4.79 Å². The van der Waals surface area contributed by atoms with Gasteiger partial charge in [-0.05, 0) is 12.1 Å². The third kappa shape index (κ3) is 2.94. The van der Waals surface area contributed by atoms with E-state index in [0.717, 1.165) is 6.39 Å². The molecule has 120 valence electrons. The molecule has 1 aliphatic rings. The van der Waals surface area contributed by atoms with E-state index in [4.69, 9.17) is 4.42 Å². The summed E-state index contributed by atoms with van der Waals surface area (Å²) in [4.78, 5) is 31.2. The molecule has 2 aromatic rings. The summed E-state index contributed by atoms with van der Waals surface area (Å²) in [5, 5.41) is 0. The number of halogens is 1. The van der Waals surface area contributed by atoms with Crippen LogP contribution in [-0.4, -0.2) is 52.8 Å². The normalized spacial score (nSPS) is 14.9. The van der Waals surface area contributed by atoms with Crippen molar-refractivity contribution in [2.45, 2.75) is 6.92 Å². The third-order valence-electron chi connectivity index (χ3n) is 3.90. The van der Waals surface area contributed by atoms with Crippen LogP contribution in [0.4, 0.5) is 4.39 Å². The average molecular weight is 317 g/mol. The Labute approximate surface area is 132 Å². The lowest BCUT2D eigenvalue weighted by Gasteiger charge is -2.33. The van der Waals surface area contributed by atoms with Gasteiger partial charge in [-0.3, -0.25) is 9.59 Å². The Bertz CT molecular complexity index is 736. The zero-order valence-electron chi connectivity index (χ0n) is 12.7. The van der Waals surface area contributed by atoms with Crippen LogP contribution >= 0.6 is 0 Å². The first-order valence-electron chi connectivity index (χ1n) is 7.31. The van der Waals surface area contributed by atoms with Crippen molar-refractivity contribution in [2.75, 3.05) is 26.2 Å². The molecule has 0 saturated carbocycles. The van der Waals surface area contributed by atoms with Gasteiger partial charge in [-0.2, -0.15) is 0 Å². The van der Waals surface area contributed by atoms with E-state index < -0.39 is 5.82 Å². The molecular weight excluding hydrogens is 301 g/mol. The molecule has 0 unspecified atom stereocenters. The topological polar surface area (TPSA) is 66.7 Å². The van der Waals surface area contributed by atoms with Gasteiger partial charge in [0.15, 0.2) is 17.8 Å². The highest BCUT2D eigenvalue weighted by Gasteiger charge is 2.28. The van der Waals surface area contributed by atoms with Crippen molar-refractivity contribution in [2.24, 2.45) is 0 Å². The van der Waals surface area contributed by atoms with Gasteiger partial charge >= 0.3 is 0 Å². The van der Waals surface area contributed by atoms with Crippen LogP contribution in [0.1, 0.15) is 17.4 Å². The SMILES string of the molecule is CC(=O)N1CCN(C(=O)c2ncoc2-c2ccccc2F)CC1. The maximum Gasteiger partial charge on any atom is 0.276 e. The summed E-state index contributed by atoms with van der Waals surface area (Å²) in [6.45, 7) is 3.30. The number of carbonyl (C=O) groups is 2. The first-order valence-corrected chi connectivity index (χ1v) is 7.31. The standard InChI is InChI=1S/C16H16FN3O3/c1-11(21)19-6-8-20(9-7-19)16(22)14-15(23-10-18-14)12-4-2-3-5-13(12)17/h2-5,10H,6-9H2,1H3. The lowest BCUT2D eigenvalue weighted by molar-refractivity contribution is -0.130. The molecule has 23 heavy (non-hydrogen) atoms. The smallest absolute Gasteiger partial charge is 0.276 e. The number of oxazole rings is 1. The molecule has 0 bridgehead atoms. The number of nitrogens with zero attached hydrogens (tertiary/aromatic N) is 3. The van der Waals surface area contributed by atoms with Gasteiger partial charge in [0.2, 0.25) is 5.91 Å². The van der Waals surface area contributed by atoms with Crippen LogP contribution < -0.4 is 0 Å². The average Bonchev–Trinajstić information content (AvgIpc) is 3.04. The van der Waals surface area contributed by atoms with Crippen LogP contribution in [0.5, 0.6) is 0 Å². The van der Waals surface area contributed by atoms with Crippen LogP contribution in [0.25, 0.3) is 11.3 Å². The van der Waals surface area contributed by atoms with Gasteiger partial charge in [-0.1, -0.05) is 12.1 Å². The van der Waals surface area contributed by atoms with Crippen molar-refractivity contribution in [3.63, 3.8) is 0 Å². The molecule has 1 aromatic heterocycles. The van der Waals surface area contributed by atoms with Gasteiger partial charge in [-0.15, -0.1) is 0 Å². The van der Waals surface area contributed by atoms with E-state index in [1.807, 2.05) is 0 Å². The molecular formula is C16H16FN3O3. The van der Waals surface area contributed by atoms with Crippen LogP contribution in [0.15, 0.2) is 35.1 Å². The maximum absolute atomic E-state index is 13.9. The van der Waals surface area contributed by atoms with E-state index in [1.165, 1.54) is 13.0 Å². The minimum atomic E-state index is -0.473. The Morgan fingerprint density at radius 3 is 2.43 bits per heavy atom. The summed E-state index contributed by atoms with van der Waals surface area (Å²) in [5.74, 6) is -0.674. The minimum Gasteiger partial charge on any atom is -0.443 e. The minimum absolute atomic E-state index is 0.00872. The van der Waals surface area contributed by atoms with Crippen LogP contribution in [0, 0.1) is 5.82 Å². The molecule has 1 fully saturated rings. The lowest BCUT2D eigenvalue weighted by atomic mass is 10.1. The molecule has 2 amide bonds. The Hall–Kier alpha value is -2.70. The molecule has 3 rings (SSSR count). The number of piperazine rings is 1. The van der Waals surface area contributed by atoms with Gasteiger partial charge in [0.1, 0.15) is 5.82 Å². The molecule has 1 aromatic carbocycles. The van der Waals surface area contributed by atoms with Crippen molar-refractivity contribution in [1.82, 2.24) is 14.8 Å². The number of carbonyl (C=O) groups excluding carboxylic acids is 2. The van der Waals surface area contributed by atoms with Crippen molar-refractivity contribution >= 4 is 11.8 Å². The molecule has 1 saturated heterocycles. The van der Waals surface area contributed by atoms with E-state index in [2.05, 4.69) is 4.98 Å². The van der Waals surface area contributed by atoms with Crippen molar-refractivity contribution < 1.29 is 18.4 Å². The van der Waals surface area contributed by atoms with E-state index in [0.29, 0.717) is 26.2 Å². The summed E-state index contributed by atoms with van der Waals surface area (Å²) in [6, 6.07) is 6.08. The largest absolute Gasteiger partial charge is 0.443 e. The second-order valence-corrected chi connectivity index (χ2v) is 5.31. The first kappa shape index (κ1) is 15.2. The van der Waals surface area contributed by atoms with Crippen molar-refractivity contribution in [3.05, 3.63) is 42.2 Å². The van der Waals surface area contributed by atoms with E-state index in [9.17, 15) is 14.0 Å². The molecule has 0 aliphatic carbocycles. The highest BCUT2D eigenvalue weighted by molar-refractivity contribution is 5.97. The number of hydrogen-bond donors (Lipinski definition) is 0. The van der Waals surface area contributed by atoms with E-state index in [1.54, 1.807) is 28.0 Å². The van der Waals surface area contributed by atoms with Gasteiger partial charge < -0.3 is 14.2 Å². The predicted octanol–water partition coefficient (Wildman–Crippen LogP) is 1.79. The zero-order valence-corrected chi connectivity index (χ0v) is 12.7. The highest BCUT2D eigenvalue weighted by atomic mass is 19.1. The van der Waals surface area contributed by atoms with Gasteiger partial charge in [0, 0.05) is 33.1 Å². The summed E-state index contributed by atoms with van der Waals surface area (Å²) in [7, 11) is 0. The highest BCUT2D eigenvalue weighted by Crippen LogP contribution is 2.26. The Kier molecular flexibility index (Phi) is 4.10. The fourth-order valence-electron chi connectivity index (χ4n) is 2.61. The quantitative estimate of drug-likeness (QED) is 0.847. The second-order valence-electron chi connectivity index (χ2n) is 5.31. The Morgan fingerprint density at radius 2 is 1.78 bits per heavy atom. The third-order valence-corrected chi connectivity index (χ3v) is 3.90. The van der Waals surface area contributed by atoms with Gasteiger partial charge in [0.25, 0.3) is 5.91 Å². The number of amides is 2. The molecule has 2 heterocycles. The fourth-order valence-corrected chi connectivity index (χ4v) is 2.61. The molecule has 0 N–H and O–H groups in total. The number of aromatic nitrogens is 1. The zero-order chi connectivity index (χ0) is 16.4. The fraction of sp³-hybridized carbons (Fsp3) is 0.312. The van der Waals surface area contributed by atoms with E-state index >= 15 is 0 Å². The van der Waals surface area contributed by atoms with Gasteiger partial charge in [-0.25, -0.2) is 9.37 Å². The number of rotatable bonds is 2. The number of benzene rings is 1.